The number of hydrogen-bond acceptors (Lipinski definition) is 4. The van der Waals surface area contributed by atoms with Crippen molar-refractivity contribution in [3.05, 3.63) is 35.9 Å². The second-order valence-electron chi connectivity index (χ2n) is 9.24. The van der Waals surface area contributed by atoms with Gasteiger partial charge in [0.05, 0.1) is 5.92 Å². The fourth-order valence-electron chi connectivity index (χ4n) is 4.81. The van der Waals surface area contributed by atoms with Crippen LogP contribution in [0.3, 0.4) is 0 Å². The Morgan fingerprint density at radius 2 is 1.94 bits per heavy atom. The van der Waals surface area contributed by atoms with Crippen LogP contribution in [0.25, 0.3) is 0 Å². The standard InChI is InChI=1S/C25H38N4O3/c1-3-4-8-16-29-24(31)21-13-12-20(17-22(21)27-25(29)32)23(30)26-14-9-15-28(2)18-19-10-6-5-7-11-19/h5-7,10-11,20-22H,3-4,8-9,12-18H2,1-2H3,(H,26,30)(H,27,32). The first kappa shape index (κ1) is 24.2. The van der Waals surface area contributed by atoms with Gasteiger partial charge in [-0.15, -0.1) is 0 Å². The van der Waals surface area contributed by atoms with Crippen LogP contribution in [0.2, 0.25) is 0 Å². The second-order valence-corrected chi connectivity index (χ2v) is 9.24. The number of hydrogen-bond donors (Lipinski definition) is 2. The van der Waals surface area contributed by atoms with Crippen LogP contribution in [0.15, 0.2) is 30.3 Å². The first-order valence-corrected chi connectivity index (χ1v) is 12.1. The van der Waals surface area contributed by atoms with E-state index in [9.17, 15) is 14.4 Å². The number of nitrogens with zero attached hydrogens (tertiary/aromatic N) is 2. The summed E-state index contributed by atoms with van der Waals surface area (Å²) in [6, 6.07) is 9.83. The number of urea groups is 1. The smallest absolute Gasteiger partial charge is 0.324 e. The number of fused-ring (bicyclic) bond motifs is 1. The number of imide groups is 1. The van der Waals surface area contributed by atoms with Crippen molar-refractivity contribution in [3.8, 4) is 0 Å². The maximum atomic E-state index is 12.8. The van der Waals surface area contributed by atoms with E-state index in [1.54, 1.807) is 0 Å². The summed E-state index contributed by atoms with van der Waals surface area (Å²) in [5.41, 5.74) is 1.28. The molecule has 7 heteroatoms. The van der Waals surface area contributed by atoms with Gasteiger partial charge in [-0.25, -0.2) is 4.79 Å². The lowest BCUT2D eigenvalue weighted by Crippen LogP contribution is -2.62. The van der Waals surface area contributed by atoms with Gasteiger partial charge in [0.15, 0.2) is 0 Å². The number of nitrogens with one attached hydrogen (secondary N) is 2. The highest BCUT2D eigenvalue weighted by Crippen LogP contribution is 2.33. The van der Waals surface area contributed by atoms with E-state index in [0.717, 1.165) is 38.8 Å². The van der Waals surface area contributed by atoms with Gasteiger partial charge >= 0.3 is 6.03 Å². The minimum Gasteiger partial charge on any atom is -0.356 e. The van der Waals surface area contributed by atoms with Crippen molar-refractivity contribution in [3.63, 3.8) is 0 Å². The molecule has 1 saturated heterocycles. The molecule has 3 rings (SSSR count). The molecule has 1 saturated carbocycles. The van der Waals surface area contributed by atoms with Gasteiger partial charge in [0.25, 0.3) is 0 Å². The zero-order valence-electron chi connectivity index (χ0n) is 19.5. The molecule has 32 heavy (non-hydrogen) atoms. The summed E-state index contributed by atoms with van der Waals surface area (Å²) in [6.45, 7) is 5.03. The summed E-state index contributed by atoms with van der Waals surface area (Å²) >= 11 is 0. The van der Waals surface area contributed by atoms with Gasteiger partial charge in [-0.1, -0.05) is 50.1 Å². The lowest BCUT2D eigenvalue weighted by molar-refractivity contribution is -0.139. The molecule has 3 unspecified atom stereocenters. The molecule has 0 bridgehead atoms. The Labute approximate surface area is 191 Å². The molecule has 176 valence electrons. The SMILES string of the molecule is CCCCCN1C(=O)NC2CC(C(=O)NCCCN(C)Cc3ccccc3)CCC2C1=O. The average Bonchev–Trinajstić information content (AvgIpc) is 2.79. The summed E-state index contributed by atoms with van der Waals surface area (Å²) in [6.07, 6.45) is 5.70. The molecule has 7 nitrogen and oxygen atoms in total. The maximum Gasteiger partial charge on any atom is 0.324 e. The van der Waals surface area contributed by atoms with Gasteiger partial charge in [0, 0.05) is 31.6 Å². The minimum absolute atomic E-state index is 0.0428. The molecule has 2 fully saturated rings. The van der Waals surface area contributed by atoms with E-state index >= 15 is 0 Å². The van der Waals surface area contributed by atoms with E-state index in [-0.39, 0.29) is 35.7 Å². The Hall–Kier alpha value is -2.41. The van der Waals surface area contributed by atoms with Gasteiger partial charge in [-0.3, -0.25) is 14.5 Å². The van der Waals surface area contributed by atoms with Crippen molar-refractivity contribution in [2.24, 2.45) is 11.8 Å². The Balaban J connectivity index is 1.38. The van der Waals surface area contributed by atoms with Crippen molar-refractivity contribution in [1.29, 1.82) is 0 Å². The van der Waals surface area contributed by atoms with E-state index in [0.29, 0.717) is 32.4 Å². The van der Waals surface area contributed by atoms with Crippen LogP contribution in [-0.4, -0.2) is 60.4 Å². The molecule has 1 aromatic carbocycles. The van der Waals surface area contributed by atoms with Gasteiger partial charge in [-0.2, -0.15) is 0 Å². The van der Waals surface area contributed by atoms with Gasteiger partial charge in [0.2, 0.25) is 11.8 Å². The Kier molecular flexibility index (Phi) is 9.09. The van der Waals surface area contributed by atoms with Crippen LogP contribution in [-0.2, 0) is 16.1 Å². The summed E-state index contributed by atoms with van der Waals surface area (Å²) < 4.78 is 0. The van der Waals surface area contributed by atoms with Gasteiger partial charge in [-0.05, 0) is 51.3 Å². The molecule has 1 aliphatic heterocycles. The molecule has 2 aliphatic rings. The van der Waals surface area contributed by atoms with Crippen LogP contribution in [0.5, 0.6) is 0 Å². The number of unbranched alkanes of at least 4 members (excludes halogenated alkanes) is 2. The maximum absolute atomic E-state index is 12.8. The number of benzene rings is 1. The molecule has 1 aromatic rings. The Morgan fingerprint density at radius 3 is 2.69 bits per heavy atom. The fraction of sp³-hybridized carbons (Fsp3) is 0.640. The highest BCUT2D eigenvalue weighted by atomic mass is 16.2. The van der Waals surface area contributed by atoms with Crippen molar-refractivity contribution in [1.82, 2.24) is 20.4 Å². The molecule has 1 aliphatic carbocycles. The third-order valence-corrected chi connectivity index (χ3v) is 6.65. The predicted octanol–water partition coefficient (Wildman–Crippen LogP) is 3.15. The quantitative estimate of drug-likeness (QED) is 0.516. The molecule has 0 aromatic heterocycles. The Morgan fingerprint density at radius 1 is 1.16 bits per heavy atom. The zero-order valence-corrected chi connectivity index (χ0v) is 19.5. The van der Waals surface area contributed by atoms with Crippen molar-refractivity contribution >= 4 is 17.8 Å². The summed E-state index contributed by atoms with van der Waals surface area (Å²) in [5.74, 6) is -0.348. The largest absolute Gasteiger partial charge is 0.356 e. The summed E-state index contributed by atoms with van der Waals surface area (Å²) in [7, 11) is 2.09. The molecule has 1 heterocycles. The normalized spacial score (nSPS) is 23.1. The molecular weight excluding hydrogens is 404 g/mol. The van der Waals surface area contributed by atoms with E-state index < -0.39 is 0 Å². The van der Waals surface area contributed by atoms with E-state index in [1.807, 2.05) is 18.2 Å². The summed E-state index contributed by atoms with van der Waals surface area (Å²) in [5, 5.41) is 6.05. The van der Waals surface area contributed by atoms with Crippen molar-refractivity contribution < 1.29 is 14.4 Å². The minimum atomic E-state index is -0.296. The summed E-state index contributed by atoms with van der Waals surface area (Å²) in [4.78, 5) is 41.5. The average molecular weight is 443 g/mol. The van der Waals surface area contributed by atoms with Crippen molar-refractivity contribution in [2.75, 3.05) is 26.7 Å². The molecule has 2 N–H and O–H groups in total. The van der Waals surface area contributed by atoms with Crippen LogP contribution >= 0.6 is 0 Å². The number of carbonyl (C=O) groups is 3. The predicted molar refractivity (Wildman–Crippen MR) is 125 cm³/mol. The highest BCUT2D eigenvalue weighted by Gasteiger charge is 2.45. The molecule has 3 atom stereocenters. The number of rotatable bonds is 11. The monoisotopic (exact) mass is 442 g/mol. The molecule has 0 radical (unpaired) electrons. The third-order valence-electron chi connectivity index (χ3n) is 6.65. The lowest BCUT2D eigenvalue weighted by Gasteiger charge is -2.42. The number of carbonyl (C=O) groups excluding carboxylic acids is 3. The molecular formula is C25H38N4O3. The topological polar surface area (TPSA) is 81.8 Å². The van der Waals surface area contributed by atoms with Crippen LogP contribution in [0, 0.1) is 11.8 Å². The molecule has 0 spiro atoms. The van der Waals surface area contributed by atoms with E-state index in [1.165, 1.54) is 10.5 Å². The molecule has 4 amide bonds. The third kappa shape index (κ3) is 6.55. The van der Waals surface area contributed by atoms with Crippen LogP contribution in [0.4, 0.5) is 4.79 Å². The lowest BCUT2D eigenvalue weighted by atomic mass is 9.76. The fourth-order valence-corrected chi connectivity index (χ4v) is 4.81. The Bertz CT molecular complexity index is 770. The van der Waals surface area contributed by atoms with Crippen LogP contribution < -0.4 is 10.6 Å². The first-order chi connectivity index (χ1) is 15.5. The zero-order chi connectivity index (χ0) is 22.9. The van der Waals surface area contributed by atoms with Gasteiger partial charge < -0.3 is 15.5 Å². The number of amides is 4. The van der Waals surface area contributed by atoms with Crippen LogP contribution in [0.1, 0.15) is 57.4 Å². The second kappa shape index (κ2) is 12.0. The van der Waals surface area contributed by atoms with E-state index in [2.05, 4.69) is 41.6 Å². The van der Waals surface area contributed by atoms with Gasteiger partial charge in [0.1, 0.15) is 0 Å². The van der Waals surface area contributed by atoms with Crippen molar-refractivity contribution in [2.45, 2.75) is 64.5 Å². The highest BCUT2D eigenvalue weighted by molar-refractivity contribution is 5.99. The first-order valence-electron chi connectivity index (χ1n) is 12.1. The van der Waals surface area contributed by atoms with E-state index in [4.69, 9.17) is 0 Å².